The molecule has 15 heavy (non-hydrogen) atoms. The van der Waals surface area contributed by atoms with Crippen LogP contribution in [-0.4, -0.2) is 10.1 Å². The van der Waals surface area contributed by atoms with Crippen LogP contribution in [0.15, 0.2) is 41.2 Å². The quantitative estimate of drug-likeness (QED) is 0.742. The minimum Gasteiger partial charge on any atom is -0.503 e. The number of rotatable bonds is 1. The van der Waals surface area contributed by atoms with Gasteiger partial charge in [-0.1, -0.05) is 29.8 Å². The number of nitrogens with one attached hydrogen (secondary N) is 1. The standard InChI is InChI=1S/C12H11NO2/c1-8-2-4-9(5-3-8)10-6-7-11(14)12(15)13-10/h2-7,14H,1H3,(H,13,15). The molecule has 0 aliphatic heterocycles. The Hall–Kier alpha value is -2.03. The molecule has 0 radical (unpaired) electrons. The summed E-state index contributed by atoms with van der Waals surface area (Å²) in [6.07, 6.45) is 0. The average molecular weight is 201 g/mol. The number of aryl methyl sites for hydroxylation is 1. The summed E-state index contributed by atoms with van der Waals surface area (Å²) in [5.74, 6) is -0.258. The Bertz CT molecular complexity index is 526. The number of H-pyrrole nitrogens is 1. The van der Waals surface area contributed by atoms with Crippen molar-refractivity contribution in [2.75, 3.05) is 0 Å². The van der Waals surface area contributed by atoms with Gasteiger partial charge >= 0.3 is 0 Å². The van der Waals surface area contributed by atoms with Gasteiger partial charge in [0.2, 0.25) is 0 Å². The highest BCUT2D eigenvalue weighted by atomic mass is 16.3. The first-order valence-corrected chi connectivity index (χ1v) is 4.66. The van der Waals surface area contributed by atoms with Gasteiger partial charge in [0.15, 0.2) is 5.75 Å². The molecule has 0 aliphatic rings. The van der Waals surface area contributed by atoms with Crippen LogP contribution in [0.2, 0.25) is 0 Å². The van der Waals surface area contributed by atoms with Crippen LogP contribution in [0.1, 0.15) is 5.56 Å². The van der Waals surface area contributed by atoms with Crippen LogP contribution in [0.5, 0.6) is 5.75 Å². The molecule has 0 bridgehead atoms. The zero-order chi connectivity index (χ0) is 10.8. The molecule has 0 saturated carbocycles. The zero-order valence-electron chi connectivity index (χ0n) is 8.32. The van der Waals surface area contributed by atoms with Crippen LogP contribution in [-0.2, 0) is 0 Å². The van der Waals surface area contributed by atoms with E-state index < -0.39 is 5.56 Å². The first-order chi connectivity index (χ1) is 7.16. The van der Waals surface area contributed by atoms with Crippen molar-refractivity contribution in [2.45, 2.75) is 6.92 Å². The predicted octanol–water partition coefficient (Wildman–Crippen LogP) is 2.06. The van der Waals surface area contributed by atoms with E-state index in [1.165, 1.54) is 11.6 Å². The van der Waals surface area contributed by atoms with Crippen LogP contribution in [0.4, 0.5) is 0 Å². The lowest BCUT2D eigenvalue weighted by molar-refractivity contribution is 0.467. The van der Waals surface area contributed by atoms with Gasteiger partial charge < -0.3 is 10.1 Å². The highest BCUT2D eigenvalue weighted by molar-refractivity contribution is 5.59. The molecule has 0 saturated heterocycles. The summed E-state index contributed by atoms with van der Waals surface area (Å²) < 4.78 is 0. The van der Waals surface area contributed by atoms with Crippen molar-refractivity contribution in [3.05, 3.63) is 52.3 Å². The van der Waals surface area contributed by atoms with Crippen molar-refractivity contribution in [1.29, 1.82) is 0 Å². The SMILES string of the molecule is Cc1ccc(-c2ccc(O)c(=O)[nH]2)cc1. The molecular formula is C12H11NO2. The molecule has 3 heteroatoms. The maximum Gasteiger partial charge on any atom is 0.290 e. The minimum absolute atomic E-state index is 0.258. The number of hydrogen-bond donors (Lipinski definition) is 2. The van der Waals surface area contributed by atoms with E-state index in [0.29, 0.717) is 5.69 Å². The van der Waals surface area contributed by atoms with Crippen molar-refractivity contribution in [3.63, 3.8) is 0 Å². The average Bonchev–Trinajstić information content (AvgIpc) is 2.23. The number of hydrogen-bond acceptors (Lipinski definition) is 2. The first-order valence-electron chi connectivity index (χ1n) is 4.66. The Kier molecular flexibility index (Phi) is 2.29. The lowest BCUT2D eigenvalue weighted by Crippen LogP contribution is -2.05. The summed E-state index contributed by atoms with van der Waals surface area (Å²) in [5.41, 5.74) is 2.34. The molecule has 0 aliphatic carbocycles. The molecule has 1 aromatic heterocycles. The number of aromatic hydroxyl groups is 1. The molecule has 0 unspecified atom stereocenters. The predicted molar refractivity (Wildman–Crippen MR) is 58.9 cm³/mol. The van der Waals surface area contributed by atoms with E-state index in [4.69, 9.17) is 5.11 Å². The van der Waals surface area contributed by atoms with Gasteiger partial charge in [-0.2, -0.15) is 0 Å². The van der Waals surface area contributed by atoms with Crippen molar-refractivity contribution in [3.8, 4) is 17.0 Å². The van der Waals surface area contributed by atoms with Gasteiger partial charge in [-0.05, 0) is 24.6 Å². The van der Waals surface area contributed by atoms with Crippen molar-refractivity contribution in [2.24, 2.45) is 0 Å². The summed E-state index contributed by atoms with van der Waals surface area (Å²) >= 11 is 0. The molecule has 0 amide bonds. The molecule has 0 atom stereocenters. The Morgan fingerprint density at radius 2 is 1.73 bits per heavy atom. The van der Waals surface area contributed by atoms with Crippen molar-refractivity contribution < 1.29 is 5.11 Å². The third-order valence-corrected chi connectivity index (χ3v) is 2.25. The molecule has 3 nitrogen and oxygen atoms in total. The van der Waals surface area contributed by atoms with E-state index in [2.05, 4.69) is 4.98 Å². The van der Waals surface area contributed by atoms with Gasteiger partial charge in [0.1, 0.15) is 0 Å². The van der Waals surface area contributed by atoms with Crippen LogP contribution in [0, 0.1) is 6.92 Å². The van der Waals surface area contributed by atoms with E-state index in [1.807, 2.05) is 31.2 Å². The first kappa shape index (κ1) is 9.52. The fourth-order valence-corrected chi connectivity index (χ4v) is 1.37. The van der Waals surface area contributed by atoms with Crippen LogP contribution in [0.3, 0.4) is 0 Å². The Morgan fingerprint density at radius 1 is 1.07 bits per heavy atom. The molecule has 0 fully saturated rings. The maximum atomic E-state index is 11.2. The fourth-order valence-electron chi connectivity index (χ4n) is 1.37. The summed E-state index contributed by atoms with van der Waals surface area (Å²) in [6.45, 7) is 2.00. The van der Waals surface area contributed by atoms with E-state index in [-0.39, 0.29) is 5.75 Å². The molecule has 2 rings (SSSR count). The summed E-state index contributed by atoms with van der Waals surface area (Å²) in [4.78, 5) is 13.8. The molecule has 76 valence electrons. The third kappa shape index (κ3) is 1.91. The molecule has 2 N–H and O–H groups in total. The van der Waals surface area contributed by atoms with Gasteiger partial charge in [0, 0.05) is 5.69 Å². The zero-order valence-corrected chi connectivity index (χ0v) is 8.32. The maximum absolute atomic E-state index is 11.2. The number of aromatic nitrogens is 1. The van der Waals surface area contributed by atoms with Gasteiger partial charge in [0.05, 0.1) is 0 Å². The highest BCUT2D eigenvalue weighted by Gasteiger charge is 2.00. The number of pyridine rings is 1. The molecule has 1 heterocycles. The fraction of sp³-hybridized carbons (Fsp3) is 0.0833. The normalized spacial score (nSPS) is 10.2. The van der Waals surface area contributed by atoms with E-state index in [0.717, 1.165) is 5.56 Å². The van der Waals surface area contributed by atoms with Crippen LogP contribution < -0.4 is 5.56 Å². The molecule has 0 spiro atoms. The molecule has 1 aromatic carbocycles. The van der Waals surface area contributed by atoms with Crippen LogP contribution >= 0.6 is 0 Å². The number of benzene rings is 1. The second-order valence-corrected chi connectivity index (χ2v) is 3.45. The monoisotopic (exact) mass is 201 g/mol. The summed E-state index contributed by atoms with van der Waals surface area (Å²) in [7, 11) is 0. The Morgan fingerprint density at radius 3 is 2.33 bits per heavy atom. The molecule has 2 aromatic rings. The van der Waals surface area contributed by atoms with Crippen molar-refractivity contribution in [1.82, 2.24) is 4.98 Å². The van der Waals surface area contributed by atoms with Crippen molar-refractivity contribution >= 4 is 0 Å². The summed E-state index contributed by atoms with van der Waals surface area (Å²) in [5, 5.41) is 9.09. The highest BCUT2D eigenvalue weighted by Crippen LogP contribution is 2.16. The summed E-state index contributed by atoms with van der Waals surface area (Å²) in [6, 6.07) is 10.9. The topological polar surface area (TPSA) is 53.1 Å². The van der Waals surface area contributed by atoms with Gasteiger partial charge in [0.25, 0.3) is 5.56 Å². The lowest BCUT2D eigenvalue weighted by atomic mass is 10.1. The van der Waals surface area contributed by atoms with Gasteiger partial charge in [-0.25, -0.2) is 0 Å². The van der Waals surface area contributed by atoms with Crippen LogP contribution in [0.25, 0.3) is 11.3 Å². The lowest BCUT2D eigenvalue weighted by Gasteiger charge is -2.01. The second kappa shape index (κ2) is 3.61. The molecular weight excluding hydrogens is 190 g/mol. The van der Waals surface area contributed by atoms with E-state index in [1.54, 1.807) is 6.07 Å². The van der Waals surface area contributed by atoms with Gasteiger partial charge in [-0.15, -0.1) is 0 Å². The largest absolute Gasteiger partial charge is 0.503 e. The number of aromatic amines is 1. The minimum atomic E-state index is -0.465. The van der Waals surface area contributed by atoms with E-state index in [9.17, 15) is 4.79 Å². The Labute approximate surface area is 87.0 Å². The smallest absolute Gasteiger partial charge is 0.290 e. The van der Waals surface area contributed by atoms with E-state index >= 15 is 0 Å². The Balaban J connectivity index is 2.50. The van der Waals surface area contributed by atoms with Gasteiger partial charge in [-0.3, -0.25) is 4.79 Å². The second-order valence-electron chi connectivity index (χ2n) is 3.45. The third-order valence-electron chi connectivity index (χ3n) is 2.25.